The number of carbonyl (C=O) groups excluding carboxylic acids is 1. The van der Waals surface area contributed by atoms with Crippen molar-refractivity contribution in [1.82, 2.24) is 0 Å². The van der Waals surface area contributed by atoms with Crippen LogP contribution in [0, 0.1) is 13.8 Å². The number of carboxylic acids is 1. The Labute approximate surface area is 154 Å². The number of methoxy groups -OCH3 is 1. The number of benzene rings is 2. The summed E-state index contributed by atoms with van der Waals surface area (Å²) in [5, 5.41) is 12.2. The van der Waals surface area contributed by atoms with Gasteiger partial charge in [0.1, 0.15) is 11.4 Å². The van der Waals surface area contributed by atoms with Gasteiger partial charge in [0.15, 0.2) is 5.78 Å². The molecule has 0 saturated carbocycles. The predicted molar refractivity (Wildman–Crippen MR) is 100 cm³/mol. The number of allylic oxidation sites excluding steroid dienone is 1. The molecule has 0 atom stereocenters. The first-order valence-electron chi connectivity index (χ1n) is 7.49. The summed E-state index contributed by atoms with van der Waals surface area (Å²) in [6.45, 7) is 3.89. The molecule has 2 aromatic carbocycles. The monoisotopic (exact) mass is 403 g/mol. The molecule has 0 saturated heterocycles. The van der Waals surface area contributed by atoms with Crippen LogP contribution in [-0.2, 0) is 4.79 Å². The third-order valence-corrected chi connectivity index (χ3v) is 4.37. The lowest BCUT2D eigenvalue weighted by atomic mass is 10.1. The number of aryl methyl sites for hydroxylation is 2. The number of hydrogen-bond donors (Lipinski definition) is 2. The van der Waals surface area contributed by atoms with Gasteiger partial charge in [-0.3, -0.25) is 4.79 Å². The third kappa shape index (κ3) is 4.70. The summed E-state index contributed by atoms with van der Waals surface area (Å²) >= 11 is 3.40. The Bertz CT molecular complexity index is 858. The van der Waals surface area contributed by atoms with Gasteiger partial charge in [0, 0.05) is 16.1 Å². The van der Waals surface area contributed by atoms with Crippen molar-refractivity contribution in [3.63, 3.8) is 0 Å². The molecule has 0 bridgehead atoms. The van der Waals surface area contributed by atoms with Gasteiger partial charge in [-0.1, -0.05) is 12.1 Å². The van der Waals surface area contributed by atoms with E-state index in [0.29, 0.717) is 17.0 Å². The fourth-order valence-electron chi connectivity index (χ4n) is 2.16. The summed E-state index contributed by atoms with van der Waals surface area (Å²) in [5.41, 5.74) is 2.80. The number of ether oxygens (including phenoxy) is 1. The summed E-state index contributed by atoms with van der Waals surface area (Å²) in [4.78, 5) is 23.9. The minimum Gasteiger partial charge on any atom is -0.497 e. The van der Waals surface area contributed by atoms with Gasteiger partial charge in [-0.05, 0) is 65.2 Å². The molecular formula is C19H18BrNO4. The van der Waals surface area contributed by atoms with Crippen LogP contribution in [0.3, 0.4) is 0 Å². The van der Waals surface area contributed by atoms with Gasteiger partial charge in [0.05, 0.1) is 12.8 Å². The van der Waals surface area contributed by atoms with Crippen LogP contribution in [-0.4, -0.2) is 24.0 Å². The highest BCUT2D eigenvalue weighted by Crippen LogP contribution is 2.27. The predicted octanol–water partition coefficient (Wildman–Crippen LogP) is 4.34. The molecule has 0 aliphatic carbocycles. The van der Waals surface area contributed by atoms with E-state index in [1.165, 1.54) is 7.11 Å². The molecule has 0 heterocycles. The average Bonchev–Trinajstić information content (AvgIpc) is 2.58. The number of rotatable bonds is 6. The second-order valence-corrected chi connectivity index (χ2v) is 6.36. The number of carbonyl (C=O) groups is 2. The van der Waals surface area contributed by atoms with Crippen molar-refractivity contribution in [1.29, 1.82) is 0 Å². The van der Waals surface area contributed by atoms with E-state index in [0.717, 1.165) is 21.7 Å². The normalized spacial score (nSPS) is 11.1. The Morgan fingerprint density at radius 3 is 2.48 bits per heavy atom. The maximum Gasteiger partial charge on any atom is 0.352 e. The number of carboxylic acid groups (broad SMARTS) is 1. The Hall–Kier alpha value is -2.60. The van der Waals surface area contributed by atoms with Crippen LogP contribution in [0.25, 0.3) is 0 Å². The van der Waals surface area contributed by atoms with Gasteiger partial charge in [-0.25, -0.2) is 4.79 Å². The molecule has 0 radical (unpaired) electrons. The third-order valence-electron chi connectivity index (χ3n) is 3.71. The number of ketones is 1. The van der Waals surface area contributed by atoms with Gasteiger partial charge in [-0.15, -0.1) is 0 Å². The maximum atomic E-state index is 12.4. The number of aliphatic carboxylic acids is 1. The zero-order valence-electron chi connectivity index (χ0n) is 14.1. The van der Waals surface area contributed by atoms with Crippen molar-refractivity contribution < 1.29 is 19.4 Å². The SMILES string of the molecule is COc1cccc(C(=O)C=C(Nc2cc(C)c(C)cc2Br)C(=O)O)c1. The molecule has 130 valence electrons. The standard InChI is InChI=1S/C19H18BrNO4/c1-11-7-15(20)16(8-12(11)2)21-17(19(23)24)10-18(22)13-5-4-6-14(9-13)25-3/h4-10,21H,1-3H3,(H,23,24). The lowest BCUT2D eigenvalue weighted by molar-refractivity contribution is -0.132. The molecular weight excluding hydrogens is 386 g/mol. The lowest BCUT2D eigenvalue weighted by Crippen LogP contribution is -2.13. The van der Waals surface area contributed by atoms with E-state index in [-0.39, 0.29) is 5.70 Å². The first kappa shape index (κ1) is 18.7. The summed E-state index contributed by atoms with van der Waals surface area (Å²) < 4.78 is 5.80. The summed E-state index contributed by atoms with van der Waals surface area (Å²) in [7, 11) is 1.50. The molecule has 2 N–H and O–H groups in total. The quantitative estimate of drug-likeness (QED) is 0.554. The highest BCUT2D eigenvalue weighted by atomic mass is 79.9. The van der Waals surface area contributed by atoms with E-state index in [1.807, 2.05) is 26.0 Å². The number of nitrogens with one attached hydrogen (secondary N) is 1. The Balaban J connectivity index is 2.34. The van der Waals surface area contributed by atoms with Crippen molar-refractivity contribution in [2.45, 2.75) is 13.8 Å². The van der Waals surface area contributed by atoms with Gasteiger partial charge in [-0.2, -0.15) is 0 Å². The maximum absolute atomic E-state index is 12.4. The van der Waals surface area contributed by atoms with Gasteiger partial charge >= 0.3 is 5.97 Å². The molecule has 0 fully saturated rings. The molecule has 6 heteroatoms. The second-order valence-electron chi connectivity index (χ2n) is 5.50. The van der Waals surface area contributed by atoms with E-state index in [1.54, 1.807) is 24.3 Å². The average molecular weight is 404 g/mol. The summed E-state index contributed by atoms with van der Waals surface area (Å²) in [6.07, 6.45) is 1.07. The highest BCUT2D eigenvalue weighted by molar-refractivity contribution is 9.10. The number of hydrogen-bond acceptors (Lipinski definition) is 4. The van der Waals surface area contributed by atoms with Crippen molar-refractivity contribution in [3.05, 3.63) is 69.3 Å². The fourth-order valence-corrected chi connectivity index (χ4v) is 2.72. The van der Waals surface area contributed by atoms with E-state index >= 15 is 0 Å². The van der Waals surface area contributed by atoms with Crippen molar-refractivity contribution >= 4 is 33.4 Å². The van der Waals surface area contributed by atoms with Gasteiger partial charge < -0.3 is 15.2 Å². The summed E-state index contributed by atoms with van der Waals surface area (Å²) in [5.74, 6) is -1.12. The molecule has 25 heavy (non-hydrogen) atoms. The molecule has 0 unspecified atom stereocenters. The molecule has 0 amide bonds. The van der Waals surface area contributed by atoms with Gasteiger partial charge in [0.25, 0.3) is 0 Å². The molecule has 5 nitrogen and oxygen atoms in total. The van der Waals surface area contributed by atoms with Crippen molar-refractivity contribution in [3.8, 4) is 5.75 Å². The van der Waals surface area contributed by atoms with Crippen molar-refractivity contribution in [2.75, 3.05) is 12.4 Å². The van der Waals surface area contributed by atoms with E-state index in [2.05, 4.69) is 21.2 Å². The molecule has 0 spiro atoms. The van der Waals surface area contributed by atoms with Crippen LogP contribution in [0.5, 0.6) is 5.75 Å². The van der Waals surface area contributed by atoms with Crippen molar-refractivity contribution in [2.24, 2.45) is 0 Å². The van der Waals surface area contributed by atoms with Crippen LogP contribution in [0.1, 0.15) is 21.5 Å². The molecule has 0 aromatic heterocycles. The first-order valence-corrected chi connectivity index (χ1v) is 8.28. The first-order chi connectivity index (χ1) is 11.8. The van der Waals surface area contributed by atoms with Crippen LogP contribution in [0.15, 0.2) is 52.6 Å². The van der Waals surface area contributed by atoms with Crippen LogP contribution < -0.4 is 10.1 Å². The molecule has 2 aromatic rings. The summed E-state index contributed by atoms with van der Waals surface area (Å²) in [6, 6.07) is 10.3. The largest absolute Gasteiger partial charge is 0.497 e. The van der Waals surface area contributed by atoms with Crippen LogP contribution in [0.4, 0.5) is 5.69 Å². The Morgan fingerprint density at radius 2 is 1.84 bits per heavy atom. The zero-order chi connectivity index (χ0) is 18.6. The lowest BCUT2D eigenvalue weighted by Gasteiger charge is -2.12. The topological polar surface area (TPSA) is 75.6 Å². The number of anilines is 1. The molecule has 2 rings (SSSR count). The fraction of sp³-hybridized carbons (Fsp3) is 0.158. The van der Waals surface area contributed by atoms with E-state index in [9.17, 15) is 14.7 Å². The highest BCUT2D eigenvalue weighted by Gasteiger charge is 2.14. The minimum absolute atomic E-state index is 0.211. The smallest absolute Gasteiger partial charge is 0.352 e. The van der Waals surface area contributed by atoms with Crippen LogP contribution >= 0.6 is 15.9 Å². The molecule has 0 aliphatic heterocycles. The minimum atomic E-state index is -1.22. The Kier molecular flexibility index (Phi) is 5.98. The Morgan fingerprint density at radius 1 is 1.16 bits per heavy atom. The van der Waals surface area contributed by atoms with E-state index in [4.69, 9.17) is 4.74 Å². The second kappa shape index (κ2) is 7.98. The van der Waals surface area contributed by atoms with E-state index < -0.39 is 11.8 Å². The molecule has 0 aliphatic rings. The van der Waals surface area contributed by atoms with Gasteiger partial charge in [0.2, 0.25) is 0 Å². The van der Waals surface area contributed by atoms with Crippen LogP contribution in [0.2, 0.25) is 0 Å². The number of halogens is 1. The zero-order valence-corrected chi connectivity index (χ0v) is 15.7.